The van der Waals surface area contributed by atoms with Crippen LogP contribution in [-0.2, 0) is 10.2 Å². The number of aromatic nitrogens is 3. The molecule has 2 fully saturated rings. The Bertz CT molecular complexity index is 880. The van der Waals surface area contributed by atoms with Crippen molar-refractivity contribution in [2.45, 2.75) is 57.5 Å². The molecule has 1 aromatic heterocycles. The molecule has 0 amide bonds. The summed E-state index contributed by atoms with van der Waals surface area (Å²) in [5.74, 6) is 0.531. The van der Waals surface area contributed by atoms with Crippen molar-refractivity contribution in [3.05, 3.63) is 42.5 Å². The molecule has 1 saturated carbocycles. The summed E-state index contributed by atoms with van der Waals surface area (Å²) in [5.41, 5.74) is 1.87. The van der Waals surface area contributed by atoms with Crippen LogP contribution in [0.3, 0.4) is 0 Å². The number of hydrogen-bond acceptors (Lipinski definition) is 4. The van der Waals surface area contributed by atoms with Gasteiger partial charge in [0.2, 0.25) is 0 Å². The van der Waals surface area contributed by atoms with Gasteiger partial charge in [0.15, 0.2) is 0 Å². The van der Waals surface area contributed by atoms with Crippen LogP contribution in [0.25, 0.3) is 5.69 Å². The van der Waals surface area contributed by atoms with Crippen molar-refractivity contribution < 1.29 is 8.42 Å². The molecular weight excluding hydrogens is 374 g/mol. The standard InChI is InChI=1S/C20H29N5O2S/c1-16(17-9-11-19(12-10-17)24-15-21-14-22-24)23(2)28(26,27)25-13-5-7-18-6-3-4-8-20(18)25/h9-12,14-16,18,20H,3-8,13H2,1-2H3/t16-,18-,20+/m1/s1. The zero-order chi connectivity index (χ0) is 19.7. The van der Waals surface area contributed by atoms with E-state index < -0.39 is 10.2 Å². The maximum atomic E-state index is 13.4. The summed E-state index contributed by atoms with van der Waals surface area (Å²) in [7, 11) is -1.79. The van der Waals surface area contributed by atoms with Crippen LogP contribution >= 0.6 is 0 Å². The second-order valence-corrected chi connectivity index (χ2v) is 9.94. The van der Waals surface area contributed by atoms with Gasteiger partial charge < -0.3 is 0 Å². The fraction of sp³-hybridized carbons (Fsp3) is 0.600. The fourth-order valence-electron chi connectivity index (χ4n) is 4.69. The van der Waals surface area contributed by atoms with Crippen molar-refractivity contribution in [1.82, 2.24) is 23.4 Å². The molecule has 7 nitrogen and oxygen atoms in total. The maximum Gasteiger partial charge on any atom is 0.282 e. The van der Waals surface area contributed by atoms with Crippen LogP contribution in [0.2, 0.25) is 0 Å². The number of nitrogens with zero attached hydrogens (tertiary/aromatic N) is 5. The van der Waals surface area contributed by atoms with E-state index >= 15 is 0 Å². The highest BCUT2D eigenvalue weighted by atomic mass is 32.2. The van der Waals surface area contributed by atoms with Gasteiger partial charge >= 0.3 is 0 Å². The second kappa shape index (κ2) is 7.93. The van der Waals surface area contributed by atoms with E-state index in [1.165, 1.54) is 29.9 Å². The van der Waals surface area contributed by atoms with Crippen molar-refractivity contribution >= 4 is 10.2 Å². The largest absolute Gasteiger partial charge is 0.282 e. The Labute approximate surface area is 167 Å². The van der Waals surface area contributed by atoms with Gasteiger partial charge in [-0.05, 0) is 56.2 Å². The van der Waals surface area contributed by atoms with Gasteiger partial charge in [-0.1, -0.05) is 25.0 Å². The van der Waals surface area contributed by atoms with Crippen LogP contribution in [0.5, 0.6) is 0 Å². The average molecular weight is 404 g/mol. The van der Waals surface area contributed by atoms with Gasteiger partial charge in [0, 0.05) is 25.7 Å². The van der Waals surface area contributed by atoms with Gasteiger partial charge in [0.05, 0.1) is 5.69 Å². The van der Waals surface area contributed by atoms with E-state index in [1.807, 2.05) is 31.2 Å². The molecule has 2 aliphatic rings. The van der Waals surface area contributed by atoms with Crippen molar-refractivity contribution in [1.29, 1.82) is 0 Å². The average Bonchev–Trinajstić information content (AvgIpc) is 3.27. The summed E-state index contributed by atoms with van der Waals surface area (Å²) in [6.07, 6.45) is 9.81. The quantitative estimate of drug-likeness (QED) is 0.769. The molecule has 2 heterocycles. The summed E-state index contributed by atoms with van der Waals surface area (Å²) in [6.45, 7) is 2.59. The van der Waals surface area contributed by atoms with Crippen LogP contribution < -0.4 is 0 Å². The van der Waals surface area contributed by atoms with Gasteiger partial charge in [-0.25, -0.2) is 9.67 Å². The van der Waals surface area contributed by atoms with Crippen LogP contribution in [0.4, 0.5) is 0 Å². The van der Waals surface area contributed by atoms with Crippen molar-refractivity contribution in [3.63, 3.8) is 0 Å². The molecule has 4 rings (SSSR count). The molecule has 1 saturated heterocycles. The topological polar surface area (TPSA) is 71.3 Å². The number of hydrogen-bond donors (Lipinski definition) is 0. The summed E-state index contributed by atoms with van der Waals surface area (Å²) >= 11 is 0. The van der Waals surface area contributed by atoms with E-state index in [9.17, 15) is 8.42 Å². The lowest BCUT2D eigenvalue weighted by Gasteiger charge is -2.44. The van der Waals surface area contributed by atoms with Gasteiger partial charge in [-0.2, -0.15) is 22.1 Å². The number of fused-ring (bicyclic) bond motifs is 1. The predicted molar refractivity (Wildman–Crippen MR) is 108 cm³/mol. The smallest absolute Gasteiger partial charge is 0.223 e. The van der Waals surface area contributed by atoms with Crippen molar-refractivity contribution in [2.75, 3.05) is 13.6 Å². The van der Waals surface area contributed by atoms with E-state index in [-0.39, 0.29) is 12.1 Å². The molecule has 0 radical (unpaired) electrons. The third kappa shape index (κ3) is 3.60. The van der Waals surface area contributed by atoms with Gasteiger partial charge in [0.25, 0.3) is 10.2 Å². The minimum atomic E-state index is -3.49. The highest BCUT2D eigenvalue weighted by molar-refractivity contribution is 7.86. The van der Waals surface area contributed by atoms with E-state index in [1.54, 1.807) is 22.4 Å². The molecule has 3 atom stereocenters. The Morgan fingerprint density at radius 2 is 1.82 bits per heavy atom. The number of piperidine rings is 1. The van der Waals surface area contributed by atoms with Crippen LogP contribution in [0, 0.1) is 5.92 Å². The van der Waals surface area contributed by atoms with Gasteiger partial charge in [-0.3, -0.25) is 0 Å². The summed E-state index contributed by atoms with van der Waals surface area (Å²) in [6, 6.07) is 7.76. The van der Waals surface area contributed by atoms with Crippen molar-refractivity contribution in [2.24, 2.45) is 5.92 Å². The summed E-state index contributed by atoms with van der Waals surface area (Å²) in [4.78, 5) is 3.96. The Hall–Kier alpha value is -1.77. The highest BCUT2D eigenvalue weighted by Crippen LogP contribution is 2.38. The highest BCUT2D eigenvalue weighted by Gasteiger charge is 2.41. The molecule has 1 aliphatic carbocycles. The molecule has 152 valence electrons. The first-order valence-corrected chi connectivity index (χ1v) is 11.6. The third-order valence-electron chi connectivity index (χ3n) is 6.46. The number of benzene rings is 1. The molecular formula is C20H29N5O2S. The molecule has 8 heteroatoms. The fourth-order valence-corrected chi connectivity index (χ4v) is 6.52. The molecule has 28 heavy (non-hydrogen) atoms. The Morgan fingerprint density at radius 1 is 1.11 bits per heavy atom. The minimum Gasteiger partial charge on any atom is -0.223 e. The minimum absolute atomic E-state index is 0.178. The van der Waals surface area contributed by atoms with E-state index in [0.717, 1.165) is 30.5 Å². The Balaban J connectivity index is 1.53. The van der Waals surface area contributed by atoms with E-state index in [0.29, 0.717) is 12.5 Å². The lowest BCUT2D eigenvalue weighted by Crippen LogP contribution is -2.53. The summed E-state index contributed by atoms with van der Waals surface area (Å²) < 4.78 is 31.9. The molecule has 1 aliphatic heterocycles. The lowest BCUT2D eigenvalue weighted by atomic mass is 9.79. The van der Waals surface area contributed by atoms with E-state index in [4.69, 9.17) is 0 Å². The first-order valence-electron chi connectivity index (χ1n) is 10.2. The Morgan fingerprint density at radius 3 is 2.54 bits per heavy atom. The molecule has 0 N–H and O–H groups in total. The molecule has 0 unspecified atom stereocenters. The maximum absolute atomic E-state index is 13.4. The van der Waals surface area contributed by atoms with Crippen LogP contribution in [-0.4, -0.2) is 51.4 Å². The van der Waals surface area contributed by atoms with Gasteiger partial charge in [-0.15, -0.1) is 0 Å². The van der Waals surface area contributed by atoms with E-state index in [2.05, 4.69) is 10.1 Å². The monoisotopic (exact) mass is 403 g/mol. The third-order valence-corrected chi connectivity index (χ3v) is 8.55. The SMILES string of the molecule is C[C@H](c1ccc(-n2cncn2)cc1)N(C)S(=O)(=O)N1CCC[C@H]2CCCC[C@@H]21. The van der Waals surface area contributed by atoms with Crippen LogP contribution in [0.1, 0.15) is 57.1 Å². The normalized spacial score (nSPS) is 24.8. The van der Waals surface area contributed by atoms with Crippen LogP contribution in [0.15, 0.2) is 36.9 Å². The first kappa shape index (κ1) is 19.5. The first-order chi connectivity index (χ1) is 13.5. The van der Waals surface area contributed by atoms with Gasteiger partial charge in [0.1, 0.15) is 12.7 Å². The zero-order valence-corrected chi connectivity index (χ0v) is 17.4. The summed E-state index contributed by atoms with van der Waals surface area (Å²) in [5, 5.41) is 4.13. The molecule has 1 aromatic carbocycles. The number of rotatable bonds is 5. The lowest BCUT2D eigenvalue weighted by molar-refractivity contribution is 0.121. The zero-order valence-electron chi connectivity index (χ0n) is 16.6. The Kier molecular flexibility index (Phi) is 5.53. The predicted octanol–water partition coefficient (Wildman–Crippen LogP) is 3.16. The molecule has 0 spiro atoms. The molecule has 0 bridgehead atoms. The van der Waals surface area contributed by atoms with Crippen molar-refractivity contribution in [3.8, 4) is 5.69 Å². The second-order valence-electron chi connectivity index (χ2n) is 8.00. The molecule has 2 aromatic rings.